The van der Waals surface area contributed by atoms with Crippen molar-refractivity contribution in [2.24, 2.45) is 0 Å². The molecular formula is C14H15NO4S2. The van der Waals surface area contributed by atoms with E-state index >= 15 is 0 Å². The van der Waals surface area contributed by atoms with Crippen LogP contribution in [-0.4, -0.2) is 47.6 Å². The number of aromatic hydroxyl groups is 1. The zero-order chi connectivity index (χ0) is 15.4. The Morgan fingerprint density at radius 2 is 2.19 bits per heavy atom. The van der Waals surface area contributed by atoms with Crippen molar-refractivity contribution in [3.63, 3.8) is 0 Å². The number of benzene rings is 1. The number of carbonyl (C=O) groups is 1. The third kappa shape index (κ3) is 3.55. The second-order valence-electron chi connectivity index (χ2n) is 4.26. The molecule has 1 N–H and O–H groups in total. The van der Waals surface area contributed by atoms with Crippen molar-refractivity contribution >= 4 is 40.3 Å². The fraction of sp³-hybridized carbons (Fsp3) is 0.286. The summed E-state index contributed by atoms with van der Waals surface area (Å²) in [6.07, 6.45) is 1.73. The summed E-state index contributed by atoms with van der Waals surface area (Å²) < 4.78 is 10.5. The van der Waals surface area contributed by atoms with Crippen molar-refractivity contribution in [1.29, 1.82) is 0 Å². The summed E-state index contributed by atoms with van der Waals surface area (Å²) in [5, 5.41) is 9.57. The molecule has 5 nitrogen and oxygen atoms in total. The van der Waals surface area contributed by atoms with Gasteiger partial charge in [-0.05, 0) is 23.8 Å². The first-order chi connectivity index (χ1) is 10.1. The van der Waals surface area contributed by atoms with Crippen molar-refractivity contribution in [3.8, 4) is 11.5 Å². The lowest BCUT2D eigenvalue weighted by atomic mass is 10.2. The number of methoxy groups -OCH3 is 2. The number of carbonyl (C=O) groups excluding carboxylic acids is 1. The Labute approximate surface area is 132 Å². The maximum Gasteiger partial charge on any atom is 0.266 e. The first-order valence-corrected chi connectivity index (χ1v) is 7.40. The summed E-state index contributed by atoms with van der Waals surface area (Å²) in [5.74, 6) is 0.287. The Hall–Kier alpha value is -1.57. The first-order valence-electron chi connectivity index (χ1n) is 6.18. The molecule has 0 bridgehead atoms. The molecule has 0 aromatic heterocycles. The van der Waals surface area contributed by atoms with Gasteiger partial charge in [-0.3, -0.25) is 9.69 Å². The van der Waals surface area contributed by atoms with Gasteiger partial charge in [0, 0.05) is 7.11 Å². The van der Waals surface area contributed by atoms with E-state index in [9.17, 15) is 9.90 Å². The maximum atomic E-state index is 12.3. The number of thiocarbonyl (C=S) groups is 1. The van der Waals surface area contributed by atoms with Crippen LogP contribution in [-0.2, 0) is 9.53 Å². The second kappa shape index (κ2) is 6.93. The third-order valence-corrected chi connectivity index (χ3v) is 4.27. The van der Waals surface area contributed by atoms with Crippen molar-refractivity contribution in [2.75, 3.05) is 27.4 Å². The highest BCUT2D eigenvalue weighted by atomic mass is 32.2. The number of phenols is 1. The standard InChI is InChI=1S/C14H15NO4S2/c1-18-6-5-15-13(17)12(21-14(15)20)8-9-3-4-10(16)11(7-9)19-2/h3-4,7-8,16H,5-6H2,1-2H3. The van der Waals surface area contributed by atoms with Gasteiger partial charge in [-0.2, -0.15) is 0 Å². The van der Waals surface area contributed by atoms with E-state index in [1.165, 1.54) is 29.8 Å². The number of hydrogen-bond acceptors (Lipinski definition) is 6. The second-order valence-corrected chi connectivity index (χ2v) is 5.93. The van der Waals surface area contributed by atoms with Crippen LogP contribution in [0.15, 0.2) is 23.1 Å². The molecule has 1 fully saturated rings. The monoisotopic (exact) mass is 325 g/mol. The normalized spacial score (nSPS) is 16.9. The number of rotatable bonds is 5. The van der Waals surface area contributed by atoms with Crippen LogP contribution in [0.2, 0.25) is 0 Å². The highest BCUT2D eigenvalue weighted by Gasteiger charge is 2.31. The smallest absolute Gasteiger partial charge is 0.266 e. The average molecular weight is 325 g/mol. The molecule has 2 rings (SSSR count). The predicted octanol–water partition coefficient (Wildman–Crippen LogP) is 2.25. The molecule has 1 heterocycles. The van der Waals surface area contributed by atoms with Gasteiger partial charge in [0.2, 0.25) is 0 Å². The van der Waals surface area contributed by atoms with Gasteiger partial charge < -0.3 is 14.6 Å². The summed E-state index contributed by atoms with van der Waals surface area (Å²) in [6, 6.07) is 4.90. The molecule has 1 aromatic rings. The molecule has 1 aromatic carbocycles. The lowest BCUT2D eigenvalue weighted by molar-refractivity contribution is -0.122. The molecule has 112 valence electrons. The molecule has 7 heteroatoms. The van der Waals surface area contributed by atoms with E-state index in [4.69, 9.17) is 21.7 Å². The lowest BCUT2D eigenvalue weighted by Gasteiger charge is -2.12. The van der Waals surface area contributed by atoms with Crippen LogP contribution in [0.3, 0.4) is 0 Å². The van der Waals surface area contributed by atoms with Crippen LogP contribution >= 0.6 is 24.0 Å². The van der Waals surface area contributed by atoms with E-state index < -0.39 is 0 Å². The molecule has 0 unspecified atom stereocenters. The van der Waals surface area contributed by atoms with Crippen LogP contribution in [0, 0.1) is 0 Å². The van der Waals surface area contributed by atoms with Gasteiger partial charge in [-0.25, -0.2) is 0 Å². The predicted molar refractivity (Wildman–Crippen MR) is 86.4 cm³/mol. The number of nitrogens with zero attached hydrogens (tertiary/aromatic N) is 1. The lowest BCUT2D eigenvalue weighted by Crippen LogP contribution is -2.31. The molecular weight excluding hydrogens is 310 g/mol. The Balaban J connectivity index is 2.22. The molecule has 0 aliphatic carbocycles. The van der Waals surface area contributed by atoms with Gasteiger partial charge in [-0.1, -0.05) is 30.0 Å². The van der Waals surface area contributed by atoms with Gasteiger partial charge in [0.05, 0.1) is 25.2 Å². The van der Waals surface area contributed by atoms with Crippen LogP contribution < -0.4 is 4.74 Å². The van der Waals surface area contributed by atoms with Gasteiger partial charge in [0.15, 0.2) is 11.5 Å². The van der Waals surface area contributed by atoms with E-state index in [1.54, 1.807) is 25.3 Å². The number of thioether (sulfide) groups is 1. The van der Waals surface area contributed by atoms with Crippen molar-refractivity contribution in [2.45, 2.75) is 0 Å². The van der Waals surface area contributed by atoms with Gasteiger partial charge >= 0.3 is 0 Å². The Morgan fingerprint density at radius 1 is 1.43 bits per heavy atom. The highest BCUT2D eigenvalue weighted by Crippen LogP contribution is 2.34. The molecule has 21 heavy (non-hydrogen) atoms. The SMILES string of the molecule is COCCN1C(=O)C(=Cc2ccc(O)c(OC)c2)SC1=S. The van der Waals surface area contributed by atoms with Gasteiger partial charge in [-0.15, -0.1) is 0 Å². The Kier molecular flexibility index (Phi) is 5.22. The molecule has 0 radical (unpaired) electrons. The van der Waals surface area contributed by atoms with Crippen molar-refractivity contribution in [3.05, 3.63) is 28.7 Å². The van der Waals surface area contributed by atoms with Crippen LogP contribution in [0.1, 0.15) is 5.56 Å². The minimum Gasteiger partial charge on any atom is -0.504 e. The quantitative estimate of drug-likeness (QED) is 0.662. The first kappa shape index (κ1) is 15.8. The zero-order valence-electron chi connectivity index (χ0n) is 11.7. The van der Waals surface area contributed by atoms with Crippen LogP contribution in [0.25, 0.3) is 6.08 Å². The topological polar surface area (TPSA) is 59.0 Å². The average Bonchev–Trinajstić information content (AvgIpc) is 2.73. The summed E-state index contributed by atoms with van der Waals surface area (Å²) >= 11 is 6.46. The van der Waals surface area contributed by atoms with E-state index in [2.05, 4.69) is 0 Å². The summed E-state index contributed by atoms with van der Waals surface area (Å²) in [5.41, 5.74) is 0.761. The van der Waals surface area contributed by atoms with E-state index in [-0.39, 0.29) is 11.7 Å². The molecule has 0 saturated carbocycles. The number of ether oxygens (including phenoxy) is 2. The largest absolute Gasteiger partial charge is 0.504 e. The van der Waals surface area contributed by atoms with Crippen molar-refractivity contribution < 1.29 is 19.4 Å². The number of amides is 1. The Bertz CT molecular complexity index is 601. The summed E-state index contributed by atoms with van der Waals surface area (Å²) in [6.45, 7) is 0.879. The molecule has 0 spiro atoms. The van der Waals surface area contributed by atoms with Crippen LogP contribution in [0.4, 0.5) is 0 Å². The highest BCUT2D eigenvalue weighted by molar-refractivity contribution is 8.26. The van der Waals surface area contributed by atoms with E-state index in [1.807, 2.05) is 0 Å². The van der Waals surface area contributed by atoms with E-state index in [0.29, 0.717) is 28.1 Å². The fourth-order valence-electron chi connectivity index (χ4n) is 1.81. The fourth-order valence-corrected chi connectivity index (χ4v) is 3.12. The molecule has 1 aliphatic rings. The minimum atomic E-state index is -0.130. The molecule has 1 amide bonds. The molecule has 1 aliphatic heterocycles. The number of hydrogen-bond donors (Lipinski definition) is 1. The molecule has 0 atom stereocenters. The Morgan fingerprint density at radius 3 is 2.86 bits per heavy atom. The summed E-state index contributed by atoms with van der Waals surface area (Å²) in [4.78, 5) is 14.3. The van der Waals surface area contributed by atoms with Crippen LogP contribution in [0.5, 0.6) is 11.5 Å². The summed E-state index contributed by atoms with van der Waals surface area (Å²) in [7, 11) is 3.05. The molecule has 1 saturated heterocycles. The van der Waals surface area contributed by atoms with Gasteiger partial charge in [0.1, 0.15) is 4.32 Å². The zero-order valence-corrected chi connectivity index (χ0v) is 13.3. The third-order valence-electron chi connectivity index (χ3n) is 2.89. The van der Waals surface area contributed by atoms with Crippen molar-refractivity contribution in [1.82, 2.24) is 4.90 Å². The van der Waals surface area contributed by atoms with Gasteiger partial charge in [0.25, 0.3) is 5.91 Å². The van der Waals surface area contributed by atoms with E-state index in [0.717, 1.165) is 5.56 Å². The number of phenolic OH excluding ortho intramolecular Hbond substituents is 1. The minimum absolute atomic E-state index is 0.0577. The maximum absolute atomic E-state index is 12.3.